The Labute approximate surface area is 136 Å². The zero-order valence-corrected chi connectivity index (χ0v) is 13.5. The number of halogens is 2. The summed E-state index contributed by atoms with van der Waals surface area (Å²) in [4.78, 5) is 8.86. The molecule has 22 heavy (non-hydrogen) atoms. The van der Waals surface area contributed by atoms with Gasteiger partial charge in [-0.05, 0) is 25.8 Å². The molecule has 6 atom stereocenters. The molecule has 0 N–H and O–H groups in total. The van der Waals surface area contributed by atoms with E-state index in [0.717, 1.165) is 5.65 Å². The minimum atomic E-state index is -0.513. The fourth-order valence-electron chi connectivity index (χ4n) is 5.13. The van der Waals surface area contributed by atoms with Crippen LogP contribution in [0.2, 0.25) is 10.2 Å². The molecule has 7 rings (SSSR count). The van der Waals surface area contributed by atoms with Crippen LogP contribution in [0.15, 0.2) is 12.4 Å². The fourth-order valence-corrected chi connectivity index (χ4v) is 5.61. The Morgan fingerprint density at radius 1 is 1.27 bits per heavy atom. The smallest absolute Gasteiger partial charge is 0.164 e. The monoisotopic (exact) mass is 337 g/mol. The number of hydrogen-bond donors (Lipinski definition) is 0. The Hall–Kier alpha value is -0.880. The molecule has 2 aromatic heterocycles. The van der Waals surface area contributed by atoms with E-state index in [2.05, 4.69) is 14.5 Å². The quantitative estimate of drug-likeness (QED) is 0.750. The zero-order valence-electron chi connectivity index (χ0n) is 12.0. The minimum Gasteiger partial charge on any atom is -0.342 e. The van der Waals surface area contributed by atoms with Gasteiger partial charge in [-0.25, -0.2) is 9.97 Å². The van der Waals surface area contributed by atoms with Crippen LogP contribution in [0.25, 0.3) is 11.2 Å². The van der Waals surface area contributed by atoms with Gasteiger partial charge in [0.15, 0.2) is 11.4 Å². The van der Waals surface area contributed by atoms with Gasteiger partial charge in [-0.15, -0.1) is 0 Å². The van der Waals surface area contributed by atoms with Gasteiger partial charge in [0, 0.05) is 11.8 Å². The SMILES string of the molecule is CC1(C)O[C@H]2[C@H](n3cnc4c(Cl)cc(Cl)nc43)C3C4[C@H]3C42O1. The van der Waals surface area contributed by atoms with Crippen LogP contribution < -0.4 is 0 Å². The molecule has 1 saturated heterocycles. The molecule has 3 unspecified atom stereocenters. The van der Waals surface area contributed by atoms with Crippen molar-refractivity contribution in [1.29, 1.82) is 0 Å². The summed E-state index contributed by atoms with van der Waals surface area (Å²) in [5.41, 5.74) is 1.37. The minimum absolute atomic E-state index is 0.0577. The van der Waals surface area contributed by atoms with Crippen molar-refractivity contribution in [3.05, 3.63) is 22.6 Å². The molecule has 0 amide bonds. The van der Waals surface area contributed by atoms with E-state index in [4.69, 9.17) is 32.7 Å². The predicted octanol–water partition coefficient (Wildman–Crippen LogP) is 3.06. The van der Waals surface area contributed by atoms with Gasteiger partial charge < -0.3 is 14.0 Å². The number of pyridine rings is 1. The molecule has 1 aliphatic heterocycles. The van der Waals surface area contributed by atoms with E-state index in [1.165, 1.54) is 0 Å². The van der Waals surface area contributed by atoms with E-state index in [9.17, 15) is 0 Å². The summed E-state index contributed by atoms with van der Waals surface area (Å²) in [6.45, 7) is 3.98. The van der Waals surface area contributed by atoms with Crippen molar-refractivity contribution in [1.82, 2.24) is 14.5 Å². The Morgan fingerprint density at radius 2 is 2.05 bits per heavy atom. The summed E-state index contributed by atoms with van der Waals surface area (Å²) >= 11 is 12.3. The van der Waals surface area contributed by atoms with Crippen LogP contribution >= 0.6 is 23.2 Å². The van der Waals surface area contributed by atoms with E-state index in [1.54, 1.807) is 6.07 Å². The maximum Gasteiger partial charge on any atom is 0.164 e. The lowest BCUT2D eigenvalue weighted by atomic mass is 10.1. The summed E-state index contributed by atoms with van der Waals surface area (Å²) in [6.07, 6.45) is 1.88. The highest BCUT2D eigenvalue weighted by atomic mass is 35.5. The van der Waals surface area contributed by atoms with Crippen LogP contribution in [0, 0.1) is 17.8 Å². The molecular formula is C15H13Cl2N3O2. The highest BCUT2D eigenvalue weighted by Crippen LogP contribution is 2.91. The first-order valence-electron chi connectivity index (χ1n) is 7.51. The van der Waals surface area contributed by atoms with E-state index < -0.39 is 5.79 Å². The van der Waals surface area contributed by atoms with E-state index in [-0.39, 0.29) is 17.7 Å². The topological polar surface area (TPSA) is 49.2 Å². The maximum absolute atomic E-state index is 6.23. The third-order valence-electron chi connectivity index (χ3n) is 5.76. The summed E-state index contributed by atoms with van der Waals surface area (Å²) in [7, 11) is 0. The number of imidazole rings is 1. The first-order valence-corrected chi connectivity index (χ1v) is 8.26. The third kappa shape index (κ3) is 1.17. The second-order valence-electron chi connectivity index (χ2n) is 7.26. The van der Waals surface area contributed by atoms with Crippen LogP contribution in [0.1, 0.15) is 19.9 Å². The lowest BCUT2D eigenvalue weighted by Gasteiger charge is -2.23. The lowest BCUT2D eigenvalue weighted by Crippen LogP contribution is -2.27. The molecule has 0 radical (unpaired) electrons. The number of ether oxygens (including phenoxy) is 2. The number of hydrogen-bond acceptors (Lipinski definition) is 4. The first kappa shape index (κ1) is 12.5. The van der Waals surface area contributed by atoms with E-state index in [1.807, 2.05) is 20.2 Å². The second kappa shape index (κ2) is 3.31. The third-order valence-corrected chi connectivity index (χ3v) is 6.25. The van der Waals surface area contributed by atoms with Crippen LogP contribution in [0.3, 0.4) is 0 Å². The van der Waals surface area contributed by atoms with Crippen molar-refractivity contribution in [3.8, 4) is 0 Å². The lowest BCUT2D eigenvalue weighted by molar-refractivity contribution is -0.168. The van der Waals surface area contributed by atoms with Gasteiger partial charge in [0.1, 0.15) is 22.4 Å². The molecule has 2 bridgehead atoms. The number of nitrogens with zero attached hydrogens (tertiary/aromatic N) is 3. The van der Waals surface area contributed by atoms with Crippen molar-refractivity contribution < 1.29 is 9.47 Å². The van der Waals surface area contributed by atoms with Crippen LogP contribution in [-0.4, -0.2) is 32.0 Å². The van der Waals surface area contributed by atoms with Gasteiger partial charge >= 0.3 is 0 Å². The molecule has 2 aromatic rings. The molecule has 5 aliphatic rings. The standard InChI is InChI=1S/C15H13Cl2N3O2/c1-14(2)21-12-11(7-8-9(7)15(8,12)22-14)20-4-18-10-5(16)3-6(17)19-13(10)20/h3-4,7-9,11-12H,1-2H3/t7?,8-,9?,11+,12-,15?/m0/s1. The number of aromatic nitrogens is 3. The summed E-state index contributed by atoms with van der Waals surface area (Å²) in [6, 6.07) is 1.84. The van der Waals surface area contributed by atoms with E-state index >= 15 is 0 Å². The van der Waals surface area contributed by atoms with Gasteiger partial charge in [0.2, 0.25) is 0 Å². The largest absolute Gasteiger partial charge is 0.342 e. The Kier molecular flexibility index (Phi) is 1.89. The molecule has 1 spiro atoms. The molecule has 4 aliphatic carbocycles. The van der Waals surface area contributed by atoms with Crippen LogP contribution in [-0.2, 0) is 9.47 Å². The Morgan fingerprint density at radius 3 is 2.82 bits per heavy atom. The predicted molar refractivity (Wildman–Crippen MR) is 79.8 cm³/mol. The van der Waals surface area contributed by atoms with Gasteiger partial charge in [0.05, 0.1) is 17.4 Å². The maximum atomic E-state index is 6.23. The number of rotatable bonds is 1. The van der Waals surface area contributed by atoms with Gasteiger partial charge in [-0.1, -0.05) is 23.2 Å². The summed E-state index contributed by atoms with van der Waals surface area (Å²) < 4.78 is 14.5. The number of fused-ring (bicyclic) bond motifs is 1. The zero-order chi connectivity index (χ0) is 15.0. The van der Waals surface area contributed by atoms with E-state index in [0.29, 0.717) is 33.4 Å². The fraction of sp³-hybridized carbons (Fsp3) is 0.600. The molecule has 114 valence electrons. The van der Waals surface area contributed by atoms with Crippen molar-refractivity contribution in [2.75, 3.05) is 0 Å². The summed E-state index contributed by atoms with van der Waals surface area (Å²) in [5.74, 6) is 1.37. The van der Waals surface area contributed by atoms with Gasteiger partial charge in [0.25, 0.3) is 0 Å². The van der Waals surface area contributed by atoms with Crippen molar-refractivity contribution >= 4 is 34.4 Å². The average molecular weight is 338 g/mol. The molecule has 5 nitrogen and oxygen atoms in total. The molecule has 5 fully saturated rings. The van der Waals surface area contributed by atoms with Crippen LogP contribution in [0.5, 0.6) is 0 Å². The second-order valence-corrected chi connectivity index (χ2v) is 8.06. The average Bonchev–Trinajstić information content (AvgIpc) is 3.09. The molecule has 7 heteroatoms. The van der Waals surface area contributed by atoms with Gasteiger partial charge in [-0.3, -0.25) is 0 Å². The first-order chi connectivity index (χ1) is 10.4. The molecule has 0 aromatic carbocycles. The normalized spacial score (nSPS) is 45.9. The van der Waals surface area contributed by atoms with Crippen molar-refractivity contribution in [3.63, 3.8) is 0 Å². The van der Waals surface area contributed by atoms with Crippen LogP contribution in [0.4, 0.5) is 0 Å². The van der Waals surface area contributed by atoms with Crippen molar-refractivity contribution in [2.24, 2.45) is 17.8 Å². The highest BCUT2D eigenvalue weighted by molar-refractivity contribution is 6.37. The molecule has 3 heterocycles. The van der Waals surface area contributed by atoms with Gasteiger partial charge in [-0.2, -0.15) is 0 Å². The highest BCUT2D eigenvalue weighted by Gasteiger charge is 2.98. The van der Waals surface area contributed by atoms with Crippen molar-refractivity contribution in [2.45, 2.75) is 37.4 Å². The Balaban J connectivity index is 1.52. The molecule has 4 saturated carbocycles. The molecular weight excluding hydrogens is 325 g/mol. The summed E-state index contributed by atoms with van der Waals surface area (Å²) in [5, 5.41) is 0.917. The Bertz CT molecular complexity index is 854.